The van der Waals surface area contributed by atoms with Crippen molar-refractivity contribution in [1.82, 2.24) is 24.7 Å². The topological polar surface area (TPSA) is 106 Å². The zero-order valence-electron chi connectivity index (χ0n) is 17.9. The number of phenolic OH excluding ortho intramolecular Hbond substituents is 1. The van der Waals surface area contributed by atoms with Crippen LogP contribution in [0.2, 0.25) is 0 Å². The van der Waals surface area contributed by atoms with Gasteiger partial charge in [0.05, 0.1) is 11.1 Å². The van der Waals surface area contributed by atoms with Crippen LogP contribution in [0.15, 0.2) is 48.8 Å². The molecule has 0 bridgehead atoms. The summed E-state index contributed by atoms with van der Waals surface area (Å²) < 4.78 is 15.7. The second kappa shape index (κ2) is 7.58. The third-order valence-corrected chi connectivity index (χ3v) is 6.70. The highest BCUT2D eigenvalue weighted by molar-refractivity contribution is 6.00. The van der Waals surface area contributed by atoms with Gasteiger partial charge >= 0.3 is 0 Å². The average Bonchev–Trinajstić information content (AvgIpc) is 3.40. The zero-order valence-corrected chi connectivity index (χ0v) is 17.9. The Morgan fingerprint density at radius 2 is 2.00 bits per heavy atom. The van der Waals surface area contributed by atoms with Gasteiger partial charge in [-0.25, -0.2) is 19.0 Å². The number of rotatable bonds is 4. The summed E-state index contributed by atoms with van der Waals surface area (Å²) in [6.07, 6.45) is 5.79. The fourth-order valence-electron chi connectivity index (χ4n) is 4.97. The predicted octanol–water partition coefficient (Wildman–Crippen LogP) is 4.60. The molecule has 5 aromatic rings. The number of nitrogen functional groups attached to an aromatic ring is 1. The van der Waals surface area contributed by atoms with Crippen LogP contribution in [0.1, 0.15) is 24.0 Å². The van der Waals surface area contributed by atoms with Gasteiger partial charge in [0.2, 0.25) is 0 Å². The van der Waals surface area contributed by atoms with E-state index in [-0.39, 0.29) is 5.75 Å². The summed E-state index contributed by atoms with van der Waals surface area (Å²) in [5.41, 5.74) is 11.7. The lowest BCUT2D eigenvalue weighted by Gasteiger charge is -2.24. The largest absolute Gasteiger partial charge is 0.505 e. The minimum absolute atomic E-state index is 0.348. The van der Waals surface area contributed by atoms with Gasteiger partial charge in [-0.1, -0.05) is 24.3 Å². The van der Waals surface area contributed by atoms with Crippen LogP contribution in [-0.4, -0.2) is 29.8 Å². The Bertz CT molecular complexity index is 1470. The molecule has 33 heavy (non-hydrogen) atoms. The zero-order chi connectivity index (χ0) is 22.5. The van der Waals surface area contributed by atoms with Crippen molar-refractivity contribution >= 4 is 27.8 Å². The van der Waals surface area contributed by atoms with Crippen LogP contribution in [0.3, 0.4) is 0 Å². The lowest BCUT2D eigenvalue weighted by atomic mass is 9.82. The quantitative estimate of drug-likeness (QED) is 0.377. The predicted molar refractivity (Wildman–Crippen MR) is 125 cm³/mol. The van der Waals surface area contributed by atoms with E-state index >= 15 is 0 Å². The molecule has 0 spiro atoms. The highest BCUT2D eigenvalue weighted by Crippen LogP contribution is 2.34. The molecule has 0 aliphatic heterocycles. The molecule has 0 amide bonds. The van der Waals surface area contributed by atoms with Crippen molar-refractivity contribution in [3.8, 4) is 17.1 Å². The van der Waals surface area contributed by atoms with Crippen molar-refractivity contribution in [2.45, 2.75) is 32.2 Å². The first-order valence-corrected chi connectivity index (χ1v) is 11.1. The van der Waals surface area contributed by atoms with E-state index in [1.807, 2.05) is 10.7 Å². The summed E-state index contributed by atoms with van der Waals surface area (Å²) in [6.45, 7) is 0.718. The molecule has 1 aliphatic rings. The molecule has 0 saturated carbocycles. The number of nitrogens with two attached hydrogens (primary N) is 1. The van der Waals surface area contributed by atoms with Crippen molar-refractivity contribution < 1.29 is 9.50 Å². The van der Waals surface area contributed by atoms with Gasteiger partial charge in [0, 0.05) is 23.5 Å². The standard InChI is InChI=1S/C25H23FN6O/c26-18-12-19-17(11-21(18)33)10-20(30-19)23-22-24(27)28-13-29-25(22)32(31-23)8-7-14-5-6-15-3-1-2-4-16(15)9-14/h1-4,10-14,30,33H,5-9H2,(H2,27,28,29). The van der Waals surface area contributed by atoms with E-state index in [2.05, 4.69) is 39.2 Å². The van der Waals surface area contributed by atoms with Gasteiger partial charge in [-0.15, -0.1) is 0 Å². The van der Waals surface area contributed by atoms with Crippen LogP contribution in [0.4, 0.5) is 10.2 Å². The summed E-state index contributed by atoms with van der Waals surface area (Å²) in [5.74, 6) is -0.134. The SMILES string of the molecule is Nc1ncnc2c1c(-c1cc3cc(O)c(F)cc3[nH]1)nn2CCC1CCc2ccccc2C1. The molecule has 3 aromatic heterocycles. The minimum Gasteiger partial charge on any atom is -0.505 e. The summed E-state index contributed by atoms with van der Waals surface area (Å²) in [6, 6.07) is 13.2. The molecule has 7 nitrogen and oxygen atoms in total. The number of aromatic nitrogens is 5. The summed E-state index contributed by atoms with van der Waals surface area (Å²) in [4.78, 5) is 11.8. The van der Waals surface area contributed by atoms with Gasteiger partial charge in [-0.2, -0.15) is 5.10 Å². The normalized spacial score (nSPS) is 15.8. The Balaban J connectivity index is 1.34. The Kier molecular flexibility index (Phi) is 4.53. The van der Waals surface area contributed by atoms with Crippen LogP contribution in [0.5, 0.6) is 5.75 Å². The van der Waals surface area contributed by atoms with E-state index in [0.717, 1.165) is 32.2 Å². The molecular formula is C25H23FN6O. The van der Waals surface area contributed by atoms with Crippen molar-refractivity contribution in [2.24, 2.45) is 5.92 Å². The highest BCUT2D eigenvalue weighted by atomic mass is 19.1. The molecule has 0 fully saturated rings. The Hall–Kier alpha value is -3.94. The maximum absolute atomic E-state index is 13.8. The van der Waals surface area contributed by atoms with Crippen LogP contribution in [-0.2, 0) is 19.4 Å². The molecule has 3 heterocycles. The van der Waals surface area contributed by atoms with Gasteiger partial charge in [-0.05, 0) is 54.9 Å². The summed E-state index contributed by atoms with van der Waals surface area (Å²) in [7, 11) is 0. The molecule has 1 aliphatic carbocycles. The van der Waals surface area contributed by atoms with Crippen LogP contribution in [0, 0.1) is 11.7 Å². The number of aromatic hydroxyl groups is 1. The number of aryl methyl sites for hydroxylation is 2. The third kappa shape index (κ3) is 3.38. The molecule has 166 valence electrons. The molecule has 0 saturated heterocycles. The van der Waals surface area contributed by atoms with Crippen LogP contribution < -0.4 is 5.73 Å². The first kappa shape index (κ1) is 19.7. The van der Waals surface area contributed by atoms with Crippen molar-refractivity contribution in [2.75, 3.05) is 5.73 Å². The monoisotopic (exact) mass is 442 g/mol. The number of nitrogens with zero attached hydrogens (tertiary/aromatic N) is 4. The Morgan fingerprint density at radius 1 is 1.15 bits per heavy atom. The third-order valence-electron chi connectivity index (χ3n) is 6.70. The first-order chi connectivity index (χ1) is 16.1. The van der Waals surface area contributed by atoms with Gasteiger partial charge in [0.1, 0.15) is 17.8 Å². The minimum atomic E-state index is -0.678. The fraction of sp³-hybridized carbons (Fsp3) is 0.240. The van der Waals surface area contributed by atoms with Gasteiger partial charge in [0.15, 0.2) is 17.2 Å². The molecular weight excluding hydrogens is 419 g/mol. The number of halogens is 1. The van der Waals surface area contributed by atoms with E-state index in [1.54, 1.807) is 0 Å². The number of hydrogen-bond donors (Lipinski definition) is 3. The number of nitrogens with one attached hydrogen (secondary N) is 1. The molecule has 0 radical (unpaired) electrons. The number of hydrogen-bond acceptors (Lipinski definition) is 5. The van der Waals surface area contributed by atoms with Crippen molar-refractivity contribution in [3.05, 3.63) is 65.7 Å². The molecule has 1 atom stereocenters. The van der Waals surface area contributed by atoms with Crippen LogP contribution >= 0.6 is 0 Å². The number of fused-ring (bicyclic) bond motifs is 3. The average molecular weight is 442 g/mol. The number of anilines is 1. The van der Waals surface area contributed by atoms with Crippen molar-refractivity contribution in [1.29, 1.82) is 0 Å². The molecule has 2 aromatic carbocycles. The Labute approximate surface area is 189 Å². The molecule has 1 unspecified atom stereocenters. The van der Waals surface area contributed by atoms with E-state index in [1.165, 1.54) is 29.6 Å². The lowest BCUT2D eigenvalue weighted by molar-refractivity contribution is 0.391. The van der Waals surface area contributed by atoms with Gasteiger partial charge < -0.3 is 15.8 Å². The fourth-order valence-corrected chi connectivity index (χ4v) is 4.97. The van der Waals surface area contributed by atoms with Crippen LogP contribution in [0.25, 0.3) is 33.3 Å². The highest BCUT2D eigenvalue weighted by Gasteiger charge is 2.22. The maximum Gasteiger partial charge on any atom is 0.166 e. The number of phenols is 1. The van der Waals surface area contributed by atoms with E-state index < -0.39 is 5.82 Å². The Morgan fingerprint density at radius 3 is 2.88 bits per heavy atom. The second-order valence-electron chi connectivity index (χ2n) is 8.77. The van der Waals surface area contributed by atoms with E-state index in [0.29, 0.717) is 45.1 Å². The summed E-state index contributed by atoms with van der Waals surface area (Å²) >= 11 is 0. The van der Waals surface area contributed by atoms with E-state index in [9.17, 15) is 9.50 Å². The molecule has 8 heteroatoms. The van der Waals surface area contributed by atoms with Crippen molar-refractivity contribution in [3.63, 3.8) is 0 Å². The summed E-state index contributed by atoms with van der Waals surface area (Å²) in [5, 5.41) is 15.9. The van der Waals surface area contributed by atoms with Gasteiger partial charge in [0.25, 0.3) is 0 Å². The molecule has 6 rings (SSSR count). The molecule has 4 N–H and O–H groups in total. The lowest BCUT2D eigenvalue weighted by Crippen LogP contribution is -2.16. The number of aromatic amines is 1. The first-order valence-electron chi connectivity index (χ1n) is 11.1. The van der Waals surface area contributed by atoms with E-state index in [4.69, 9.17) is 10.8 Å². The number of H-pyrrole nitrogens is 1. The second-order valence-corrected chi connectivity index (χ2v) is 8.77. The number of benzene rings is 2. The maximum atomic E-state index is 13.8. The smallest absolute Gasteiger partial charge is 0.166 e. The van der Waals surface area contributed by atoms with Gasteiger partial charge in [-0.3, -0.25) is 0 Å².